The number of hydrogen-bond acceptors (Lipinski definition) is 5. The summed E-state index contributed by atoms with van der Waals surface area (Å²) in [5.41, 5.74) is 0.504. The van der Waals surface area contributed by atoms with Crippen molar-refractivity contribution in [1.82, 2.24) is 15.6 Å². The number of nitrogens with zero attached hydrogens (tertiary/aromatic N) is 1. The molecule has 0 aliphatic carbocycles. The molecule has 0 fully saturated rings. The van der Waals surface area contributed by atoms with Crippen LogP contribution in [0.15, 0.2) is 53.2 Å². The van der Waals surface area contributed by atoms with Gasteiger partial charge in [0.25, 0.3) is 11.8 Å². The maximum Gasteiger partial charge on any atom is 0.269 e. The zero-order chi connectivity index (χ0) is 18.2. The van der Waals surface area contributed by atoms with E-state index in [-0.39, 0.29) is 23.2 Å². The van der Waals surface area contributed by atoms with Gasteiger partial charge in [-0.1, -0.05) is 18.2 Å². The molecule has 3 aromatic heterocycles. The fourth-order valence-electron chi connectivity index (χ4n) is 2.38. The van der Waals surface area contributed by atoms with Gasteiger partial charge >= 0.3 is 0 Å². The number of rotatable bonds is 8. The summed E-state index contributed by atoms with van der Waals surface area (Å²) in [6.07, 6.45) is 1.57. The van der Waals surface area contributed by atoms with E-state index in [9.17, 15) is 9.59 Å². The summed E-state index contributed by atoms with van der Waals surface area (Å²) in [5.74, 6) is -0.537. The van der Waals surface area contributed by atoms with Gasteiger partial charge in [0.2, 0.25) is 0 Å². The van der Waals surface area contributed by atoms with Gasteiger partial charge in [-0.05, 0) is 47.9 Å². The quantitative estimate of drug-likeness (QED) is 0.626. The Hall–Kier alpha value is -2.51. The summed E-state index contributed by atoms with van der Waals surface area (Å²) >= 11 is 3.33. The second-order valence-electron chi connectivity index (χ2n) is 5.58. The summed E-state index contributed by atoms with van der Waals surface area (Å²) in [7, 11) is 0. The van der Waals surface area contributed by atoms with E-state index in [1.54, 1.807) is 40.9 Å². The van der Waals surface area contributed by atoms with Gasteiger partial charge in [-0.3, -0.25) is 9.59 Å². The molecule has 0 radical (unpaired) electrons. The Labute approximate surface area is 160 Å². The van der Waals surface area contributed by atoms with E-state index in [1.165, 1.54) is 9.75 Å². The van der Waals surface area contributed by atoms with E-state index in [4.69, 9.17) is 0 Å². The van der Waals surface area contributed by atoms with Crippen molar-refractivity contribution in [2.24, 2.45) is 0 Å². The summed E-state index contributed by atoms with van der Waals surface area (Å²) in [6.45, 7) is 1.08. The predicted octanol–water partition coefficient (Wildman–Crippen LogP) is 3.15. The molecule has 0 unspecified atom stereocenters. The largest absolute Gasteiger partial charge is 0.350 e. The Morgan fingerprint density at radius 2 is 1.27 bits per heavy atom. The van der Waals surface area contributed by atoms with Crippen LogP contribution in [0.3, 0.4) is 0 Å². The fraction of sp³-hybridized carbons (Fsp3) is 0.211. The van der Waals surface area contributed by atoms with E-state index in [0.29, 0.717) is 13.1 Å². The summed E-state index contributed by atoms with van der Waals surface area (Å²) < 4.78 is 0. The van der Waals surface area contributed by atoms with Crippen LogP contribution in [0.5, 0.6) is 0 Å². The van der Waals surface area contributed by atoms with Crippen LogP contribution in [0.25, 0.3) is 0 Å². The molecule has 0 aliphatic rings. The molecule has 0 atom stereocenters. The molecule has 0 saturated heterocycles. The zero-order valence-electron chi connectivity index (χ0n) is 14.1. The molecular weight excluding hydrogens is 366 g/mol. The number of pyridine rings is 1. The van der Waals surface area contributed by atoms with E-state index in [2.05, 4.69) is 15.6 Å². The molecule has 26 heavy (non-hydrogen) atoms. The SMILES string of the molecule is O=C(NCCc1cccs1)c1cccc(C(=O)NCCc2cccs2)n1. The maximum atomic E-state index is 12.2. The van der Waals surface area contributed by atoms with Crippen LogP contribution in [0.2, 0.25) is 0 Å². The number of aromatic nitrogens is 1. The first-order valence-electron chi connectivity index (χ1n) is 8.30. The Bertz CT molecular complexity index is 778. The van der Waals surface area contributed by atoms with Gasteiger partial charge in [0, 0.05) is 22.8 Å². The minimum Gasteiger partial charge on any atom is -0.350 e. The third-order valence-electron chi connectivity index (χ3n) is 3.69. The first-order valence-corrected chi connectivity index (χ1v) is 10.1. The van der Waals surface area contributed by atoms with Crippen LogP contribution >= 0.6 is 22.7 Å². The van der Waals surface area contributed by atoms with Crippen molar-refractivity contribution in [3.63, 3.8) is 0 Å². The second kappa shape index (κ2) is 9.26. The van der Waals surface area contributed by atoms with Crippen LogP contribution in [0.4, 0.5) is 0 Å². The lowest BCUT2D eigenvalue weighted by Crippen LogP contribution is -2.29. The molecule has 0 aliphatic heterocycles. The highest BCUT2D eigenvalue weighted by Gasteiger charge is 2.12. The monoisotopic (exact) mass is 385 g/mol. The standard InChI is InChI=1S/C19H19N3O2S2/c23-18(20-10-8-14-4-2-12-25-14)16-6-1-7-17(22-16)19(24)21-11-9-15-5-3-13-26-15/h1-7,12-13H,8-11H2,(H,20,23)(H,21,24). The molecule has 0 spiro atoms. The third kappa shape index (κ3) is 5.24. The van der Waals surface area contributed by atoms with E-state index < -0.39 is 0 Å². The van der Waals surface area contributed by atoms with Gasteiger partial charge in [-0.2, -0.15) is 0 Å². The van der Waals surface area contributed by atoms with Gasteiger partial charge in [0.05, 0.1) is 0 Å². The van der Waals surface area contributed by atoms with Crippen molar-refractivity contribution in [1.29, 1.82) is 0 Å². The Kier molecular flexibility index (Phi) is 6.51. The highest BCUT2D eigenvalue weighted by Crippen LogP contribution is 2.09. The Morgan fingerprint density at radius 3 is 1.69 bits per heavy atom. The Balaban J connectivity index is 1.49. The average Bonchev–Trinajstić information content (AvgIpc) is 3.35. The lowest BCUT2D eigenvalue weighted by molar-refractivity contribution is 0.0945. The minimum atomic E-state index is -0.269. The van der Waals surface area contributed by atoms with Gasteiger partial charge in [-0.15, -0.1) is 22.7 Å². The number of carbonyl (C=O) groups is 2. The van der Waals surface area contributed by atoms with Crippen LogP contribution < -0.4 is 10.6 Å². The molecule has 3 aromatic rings. The van der Waals surface area contributed by atoms with E-state index in [1.807, 2.05) is 35.0 Å². The van der Waals surface area contributed by atoms with Crippen molar-refractivity contribution in [2.45, 2.75) is 12.8 Å². The minimum absolute atomic E-state index is 0.252. The molecule has 7 heteroatoms. The lowest BCUT2D eigenvalue weighted by Gasteiger charge is -2.07. The van der Waals surface area contributed by atoms with Crippen molar-refractivity contribution >= 4 is 34.5 Å². The molecule has 2 N–H and O–H groups in total. The van der Waals surface area contributed by atoms with Crippen LogP contribution in [0.1, 0.15) is 30.7 Å². The number of carbonyl (C=O) groups excluding carboxylic acids is 2. The van der Waals surface area contributed by atoms with E-state index >= 15 is 0 Å². The topological polar surface area (TPSA) is 71.1 Å². The highest BCUT2D eigenvalue weighted by molar-refractivity contribution is 7.10. The van der Waals surface area contributed by atoms with Gasteiger partial charge < -0.3 is 10.6 Å². The first-order chi connectivity index (χ1) is 12.7. The molecule has 0 bridgehead atoms. The molecule has 0 aromatic carbocycles. The molecular formula is C19H19N3O2S2. The van der Waals surface area contributed by atoms with Gasteiger partial charge in [-0.25, -0.2) is 4.98 Å². The second-order valence-corrected chi connectivity index (χ2v) is 7.64. The molecule has 134 valence electrons. The number of thiophene rings is 2. The molecule has 3 heterocycles. The Morgan fingerprint density at radius 1 is 0.769 bits per heavy atom. The smallest absolute Gasteiger partial charge is 0.269 e. The van der Waals surface area contributed by atoms with Gasteiger partial charge in [0.1, 0.15) is 11.4 Å². The molecule has 0 saturated carbocycles. The van der Waals surface area contributed by atoms with Crippen LogP contribution in [-0.4, -0.2) is 29.9 Å². The number of amides is 2. The zero-order valence-corrected chi connectivity index (χ0v) is 15.7. The fourth-order valence-corrected chi connectivity index (χ4v) is 3.79. The lowest BCUT2D eigenvalue weighted by atomic mass is 10.2. The van der Waals surface area contributed by atoms with Crippen molar-refractivity contribution in [3.05, 3.63) is 74.4 Å². The summed E-state index contributed by atoms with van der Waals surface area (Å²) in [6, 6.07) is 13.0. The summed E-state index contributed by atoms with van der Waals surface area (Å²) in [4.78, 5) is 31.1. The summed E-state index contributed by atoms with van der Waals surface area (Å²) in [5, 5.41) is 9.71. The number of nitrogens with one attached hydrogen (secondary N) is 2. The maximum absolute atomic E-state index is 12.2. The van der Waals surface area contributed by atoms with Crippen molar-refractivity contribution in [3.8, 4) is 0 Å². The van der Waals surface area contributed by atoms with Crippen LogP contribution in [0, 0.1) is 0 Å². The molecule has 3 rings (SSSR count). The van der Waals surface area contributed by atoms with Gasteiger partial charge in [0.15, 0.2) is 0 Å². The van der Waals surface area contributed by atoms with Crippen molar-refractivity contribution in [2.75, 3.05) is 13.1 Å². The van der Waals surface area contributed by atoms with Crippen LogP contribution in [-0.2, 0) is 12.8 Å². The predicted molar refractivity (Wildman–Crippen MR) is 105 cm³/mol. The molecule has 5 nitrogen and oxygen atoms in total. The number of hydrogen-bond donors (Lipinski definition) is 2. The van der Waals surface area contributed by atoms with E-state index in [0.717, 1.165) is 12.8 Å². The first kappa shape index (κ1) is 18.3. The van der Waals surface area contributed by atoms with Crippen molar-refractivity contribution < 1.29 is 9.59 Å². The average molecular weight is 386 g/mol. The highest BCUT2D eigenvalue weighted by atomic mass is 32.1. The normalized spacial score (nSPS) is 10.5. The third-order valence-corrected chi connectivity index (χ3v) is 5.56. The molecule has 2 amide bonds.